The van der Waals surface area contributed by atoms with Crippen LogP contribution in [0.15, 0.2) is 18.2 Å². The Morgan fingerprint density at radius 1 is 1.59 bits per heavy atom. The topological polar surface area (TPSA) is 76.4 Å². The summed E-state index contributed by atoms with van der Waals surface area (Å²) in [6.07, 6.45) is 0. The van der Waals surface area contributed by atoms with Gasteiger partial charge in [-0.05, 0) is 31.5 Å². The van der Waals surface area contributed by atoms with Crippen molar-refractivity contribution in [2.75, 3.05) is 11.9 Å². The Bertz CT molecular complexity index is 742. The number of carboxylic acids is 1. The number of fused-ring (bicyclic) bond motifs is 1. The van der Waals surface area contributed by atoms with Crippen molar-refractivity contribution in [2.45, 2.75) is 26.4 Å². The van der Waals surface area contributed by atoms with Gasteiger partial charge in [-0.1, -0.05) is 17.7 Å². The quantitative estimate of drug-likeness (QED) is 0.905. The smallest absolute Gasteiger partial charge is 0.341 e. The van der Waals surface area contributed by atoms with Crippen molar-refractivity contribution in [3.05, 3.63) is 40.0 Å². The summed E-state index contributed by atoms with van der Waals surface area (Å²) >= 11 is 6.21. The third kappa shape index (κ3) is 2.39. The highest BCUT2D eigenvalue weighted by Crippen LogP contribution is 2.35. The van der Waals surface area contributed by atoms with E-state index < -0.39 is 5.97 Å². The highest BCUT2D eigenvalue weighted by molar-refractivity contribution is 6.32. The second-order valence-corrected chi connectivity index (χ2v) is 5.52. The second-order valence-electron chi connectivity index (χ2n) is 5.12. The van der Waals surface area contributed by atoms with Crippen molar-refractivity contribution in [3.63, 3.8) is 0 Å². The molecule has 2 heterocycles. The molecule has 0 amide bonds. The van der Waals surface area contributed by atoms with Crippen molar-refractivity contribution < 1.29 is 14.6 Å². The summed E-state index contributed by atoms with van der Waals surface area (Å²) in [4.78, 5) is 11.3. The molecule has 0 spiro atoms. The standard InChI is InChI=1S/C15H16ClN3O3/c1-3-22-12-5-4-9(6-10(12)16)11-7-19-14(17-11)13(15(20)21)8(2)18-19/h4-6,11,17H,3,7H2,1-2H3,(H,20,21). The molecule has 1 aromatic heterocycles. The number of hydrogen-bond acceptors (Lipinski definition) is 4. The molecule has 0 bridgehead atoms. The van der Waals surface area contributed by atoms with Crippen LogP contribution in [0, 0.1) is 6.92 Å². The largest absolute Gasteiger partial charge is 0.492 e. The van der Waals surface area contributed by atoms with Gasteiger partial charge in [-0.3, -0.25) is 0 Å². The van der Waals surface area contributed by atoms with E-state index >= 15 is 0 Å². The Hall–Kier alpha value is -2.21. The van der Waals surface area contributed by atoms with Crippen molar-refractivity contribution in [1.29, 1.82) is 0 Å². The zero-order valence-electron chi connectivity index (χ0n) is 12.3. The summed E-state index contributed by atoms with van der Waals surface area (Å²) in [5.41, 5.74) is 1.70. The number of carbonyl (C=O) groups is 1. The zero-order valence-corrected chi connectivity index (χ0v) is 13.0. The first-order valence-corrected chi connectivity index (χ1v) is 7.38. The molecule has 1 aliphatic heterocycles. The van der Waals surface area contributed by atoms with Gasteiger partial charge in [-0.15, -0.1) is 0 Å². The van der Waals surface area contributed by atoms with E-state index in [1.165, 1.54) is 0 Å². The molecule has 1 aliphatic rings. The Balaban J connectivity index is 1.87. The van der Waals surface area contributed by atoms with Crippen LogP contribution in [0.3, 0.4) is 0 Å². The minimum absolute atomic E-state index is 0.0608. The maximum Gasteiger partial charge on any atom is 0.341 e. The molecule has 7 heteroatoms. The summed E-state index contributed by atoms with van der Waals surface area (Å²) in [6.45, 7) is 4.71. The summed E-state index contributed by atoms with van der Waals surface area (Å²) in [6, 6.07) is 5.53. The first-order chi connectivity index (χ1) is 10.5. The fourth-order valence-electron chi connectivity index (χ4n) is 2.70. The van der Waals surface area contributed by atoms with Gasteiger partial charge in [0, 0.05) is 0 Å². The molecule has 0 aliphatic carbocycles. The molecular formula is C15H16ClN3O3. The number of benzene rings is 1. The number of nitrogens with zero attached hydrogens (tertiary/aromatic N) is 2. The predicted molar refractivity (Wildman–Crippen MR) is 82.9 cm³/mol. The van der Waals surface area contributed by atoms with Crippen LogP contribution in [0.25, 0.3) is 0 Å². The van der Waals surface area contributed by atoms with Crippen LogP contribution in [0.2, 0.25) is 5.02 Å². The number of carboxylic acid groups (broad SMARTS) is 1. The number of nitrogens with one attached hydrogen (secondary N) is 1. The number of hydrogen-bond donors (Lipinski definition) is 2. The van der Waals surface area contributed by atoms with E-state index in [0.29, 0.717) is 35.4 Å². The van der Waals surface area contributed by atoms with E-state index in [1.807, 2.05) is 25.1 Å². The molecule has 2 aromatic rings. The lowest BCUT2D eigenvalue weighted by atomic mass is 10.1. The van der Waals surface area contributed by atoms with Gasteiger partial charge >= 0.3 is 5.97 Å². The van der Waals surface area contributed by atoms with E-state index in [1.54, 1.807) is 11.6 Å². The molecular weight excluding hydrogens is 306 g/mol. The lowest BCUT2D eigenvalue weighted by Gasteiger charge is -2.13. The number of ether oxygens (including phenoxy) is 1. The molecule has 1 atom stereocenters. The van der Waals surface area contributed by atoms with Crippen LogP contribution in [-0.2, 0) is 6.54 Å². The van der Waals surface area contributed by atoms with Crippen molar-refractivity contribution in [2.24, 2.45) is 0 Å². The predicted octanol–water partition coefficient (Wildman–Crippen LogP) is 3.11. The van der Waals surface area contributed by atoms with Crippen LogP contribution in [-0.4, -0.2) is 27.5 Å². The van der Waals surface area contributed by atoms with Crippen LogP contribution >= 0.6 is 11.6 Å². The number of rotatable bonds is 4. The SMILES string of the molecule is CCOc1ccc(C2Cn3nc(C)c(C(=O)O)c3N2)cc1Cl. The number of anilines is 1. The average molecular weight is 322 g/mol. The van der Waals surface area contributed by atoms with Gasteiger partial charge in [0.15, 0.2) is 0 Å². The fraction of sp³-hybridized carbons (Fsp3) is 0.333. The Morgan fingerprint density at radius 3 is 3.00 bits per heavy atom. The molecule has 2 N–H and O–H groups in total. The number of halogens is 1. The molecule has 0 saturated carbocycles. The summed E-state index contributed by atoms with van der Waals surface area (Å²) in [7, 11) is 0. The molecule has 3 rings (SSSR count). The van der Waals surface area contributed by atoms with Crippen molar-refractivity contribution in [3.8, 4) is 5.75 Å². The highest BCUT2D eigenvalue weighted by atomic mass is 35.5. The number of aryl methyl sites for hydroxylation is 1. The van der Waals surface area contributed by atoms with Crippen molar-refractivity contribution >= 4 is 23.4 Å². The summed E-state index contributed by atoms with van der Waals surface area (Å²) in [5, 5.41) is 17.3. The summed E-state index contributed by atoms with van der Waals surface area (Å²) in [5.74, 6) is 0.211. The number of aromatic nitrogens is 2. The molecule has 22 heavy (non-hydrogen) atoms. The minimum Gasteiger partial charge on any atom is -0.492 e. The maximum atomic E-state index is 11.3. The first kappa shape index (κ1) is 14.7. The third-order valence-electron chi connectivity index (χ3n) is 3.67. The molecule has 0 saturated heterocycles. The lowest BCUT2D eigenvalue weighted by Crippen LogP contribution is -2.10. The van der Waals surface area contributed by atoms with Gasteiger partial charge in [-0.2, -0.15) is 5.10 Å². The van der Waals surface area contributed by atoms with E-state index in [2.05, 4.69) is 10.4 Å². The van der Waals surface area contributed by atoms with Crippen LogP contribution in [0.5, 0.6) is 5.75 Å². The summed E-state index contributed by atoms with van der Waals surface area (Å²) < 4.78 is 7.11. The fourth-order valence-corrected chi connectivity index (χ4v) is 2.94. The average Bonchev–Trinajstić information content (AvgIpc) is 2.97. The Labute approximate surface area is 132 Å². The van der Waals surface area contributed by atoms with Gasteiger partial charge in [0.05, 0.1) is 29.9 Å². The lowest BCUT2D eigenvalue weighted by molar-refractivity contribution is 0.0697. The van der Waals surface area contributed by atoms with E-state index in [-0.39, 0.29) is 11.6 Å². The van der Waals surface area contributed by atoms with Gasteiger partial charge in [-0.25, -0.2) is 9.48 Å². The van der Waals surface area contributed by atoms with E-state index in [9.17, 15) is 9.90 Å². The van der Waals surface area contributed by atoms with Crippen molar-refractivity contribution in [1.82, 2.24) is 9.78 Å². The number of aromatic carboxylic acids is 1. The highest BCUT2D eigenvalue weighted by Gasteiger charge is 2.30. The normalized spacial score (nSPS) is 16.2. The van der Waals surface area contributed by atoms with Gasteiger partial charge in [0.2, 0.25) is 0 Å². The molecule has 116 valence electrons. The van der Waals surface area contributed by atoms with Crippen LogP contribution < -0.4 is 10.1 Å². The van der Waals surface area contributed by atoms with Crippen LogP contribution in [0.1, 0.15) is 34.6 Å². The Kier molecular flexibility index (Phi) is 3.70. The molecule has 1 aromatic carbocycles. The Morgan fingerprint density at radius 2 is 2.36 bits per heavy atom. The minimum atomic E-state index is -0.975. The second kappa shape index (κ2) is 5.53. The maximum absolute atomic E-state index is 11.3. The third-order valence-corrected chi connectivity index (χ3v) is 3.96. The van der Waals surface area contributed by atoms with Crippen LogP contribution in [0.4, 0.5) is 5.82 Å². The van der Waals surface area contributed by atoms with Gasteiger partial charge < -0.3 is 15.2 Å². The molecule has 0 radical (unpaired) electrons. The van der Waals surface area contributed by atoms with E-state index in [4.69, 9.17) is 16.3 Å². The van der Waals surface area contributed by atoms with Gasteiger partial charge in [0.25, 0.3) is 0 Å². The zero-order chi connectivity index (χ0) is 15.9. The molecule has 6 nitrogen and oxygen atoms in total. The monoisotopic (exact) mass is 321 g/mol. The first-order valence-electron chi connectivity index (χ1n) is 7.00. The molecule has 0 fully saturated rings. The van der Waals surface area contributed by atoms with E-state index in [0.717, 1.165) is 5.56 Å². The molecule has 1 unspecified atom stereocenters. The van der Waals surface area contributed by atoms with Gasteiger partial charge in [0.1, 0.15) is 17.1 Å².